The van der Waals surface area contributed by atoms with Crippen molar-refractivity contribution in [2.24, 2.45) is 5.92 Å². The van der Waals surface area contributed by atoms with Crippen molar-refractivity contribution < 1.29 is 33.0 Å². The third kappa shape index (κ3) is 5.61. The molecule has 8 heteroatoms. The monoisotopic (exact) mass is 385 g/mol. The Morgan fingerprint density at radius 3 is 2.56 bits per heavy atom. The number of halogens is 2. The second kappa shape index (κ2) is 7.78. The van der Waals surface area contributed by atoms with Gasteiger partial charge in [-0.1, -0.05) is 11.6 Å². The van der Waals surface area contributed by atoms with E-state index in [-0.39, 0.29) is 12.5 Å². The molecule has 1 heterocycles. The Morgan fingerprint density at radius 2 is 1.96 bits per heavy atom. The molecule has 27 heavy (non-hydrogen) atoms. The number of esters is 1. The Morgan fingerprint density at radius 1 is 1.30 bits per heavy atom. The van der Waals surface area contributed by atoms with Gasteiger partial charge in [-0.2, -0.15) is 8.78 Å². The van der Waals surface area contributed by atoms with E-state index in [0.717, 1.165) is 10.5 Å². The molecule has 0 aromatic heterocycles. The summed E-state index contributed by atoms with van der Waals surface area (Å²) < 4.78 is 32.4. The predicted octanol–water partition coefficient (Wildman–Crippen LogP) is 2.93. The molecule has 0 radical (unpaired) electrons. The van der Waals surface area contributed by atoms with Gasteiger partial charge in [0.2, 0.25) is 5.91 Å². The molecule has 2 rings (SSSR count). The zero-order valence-corrected chi connectivity index (χ0v) is 15.8. The number of rotatable bonds is 4. The lowest BCUT2D eigenvalue weighted by Gasteiger charge is -2.34. The van der Waals surface area contributed by atoms with Crippen LogP contribution in [0.25, 0.3) is 0 Å². The minimum Gasteiger partial charge on any atom is -0.477 e. The molecule has 6 nitrogen and oxygen atoms in total. The van der Waals surface area contributed by atoms with Gasteiger partial charge in [-0.3, -0.25) is 4.79 Å². The number of nitrogens with zero attached hydrogens (tertiary/aromatic N) is 1. The highest BCUT2D eigenvalue weighted by atomic mass is 19.3. The van der Waals surface area contributed by atoms with Crippen LogP contribution in [0.15, 0.2) is 23.3 Å². The number of carbonyl (C=O) groups excluding carboxylic acids is 2. The fraction of sp³-hybridized carbons (Fsp3) is 0.632. The smallest absolute Gasteiger partial charge is 0.376 e. The number of alkyl halides is 2. The van der Waals surface area contributed by atoms with Crippen molar-refractivity contribution >= 4 is 17.8 Å². The molecule has 0 aromatic rings. The van der Waals surface area contributed by atoms with E-state index >= 15 is 0 Å². The summed E-state index contributed by atoms with van der Waals surface area (Å²) in [6.45, 7) is 4.18. The molecule has 0 fully saturated rings. The Kier molecular flexibility index (Phi) is 6.07. The molecule has 1 N–H and O–H groups in total. The third-order valence-electron chi connectivity index (χ3n) is 4.51. The van der Waals surface area contributed by atoms with Crippen molar-refractivity contribution in [3.63, 3.8) is 0 Å². The first-order chi connectivity index (χ1) is 12.4. The first-order valence-electron chi connectivity index (χ1n) is 8.92. The standard InChI is InChI=1S/C19H25F2NO5/c1-18(2,3)27-16(24)12-5-4-6-13-9-15(23)22(10-14(13)8-7-12)11-19(20,21)17(25)26/h7,9,14H,4-6,8,10-11H2,1-3H3,(H,25,26). The van der Waals surface area contributed by atoms with Crippen LogP contribution in [0.5, 0.6) is 0 Å². The number of ether oxygens (including phenoxy) is 1. The SMILES string of the molecule is CC(C)(C)OC(=O)C1=CCC2CN(CC(F)(F)C(=O)O)C(=O)C=C2CCC1. The molecule has 1 atom stereocenters. The number of hydrogen-bond acceptors (Lipinski definition) is 4. The molecule has 1 aliphatic heterocycles. The minimum absolute atomic E-state index is 0.00559. The summed E-state index contributed by atoms with van der Waals surface area (Å²) >= 11 is 0. The lowest BCUT2D eigenvalue weighted by atomic mass is 9.84. The Labute approximate surface area is 156 Å². The van der Waals surface area contributed by atoms with E-state index in [9.17, 15) is 23.2 Å². The van der Waals surface area contributed by atoms with Crippen LogP contribution < -0.4 is 0 Å². The minimum atomic E-state index is -4.00. The highest BCUT2D eigenvalue weighted by Crippen LogP contribution is 2.32. The average molecular weight is 385 g/mol. The summed E-state index contributed by atoms with van der Waals surface area (Å²) in [5.41, 5.74) is 0.791. The van der Waals surface area contributed by atoms with Crippen molar-refractivity contribution in [3.8, 4) is 0 Å². The topological polar surface area (TPSA) is 83.9 Å². The summed E-state index contributed by atoms with van der Waals surface area (Å²) in [6.07, 6.45) is 5.23. The van der Waals surface area contributed by atoms with Gasteiger partial charge in [0.15, 0.2) is 0 Å². The number of allylic oxidation sites excluding steroid dienone is 1. The molecule has 0 bridgehead atoms. The van der Waals surface area contributed by atoms with E-state index < -0.39 is 35.9 Å². The van der Waals surface area contributed by atoms with Crippen LogP contribution in [0, 0.1) is 5.92 Å². The van der Waals surface area contributed by atoms with Gasteiger partial charge in [0, 0.05) is 24.1 Å². The quantitative estimate of drug-likeness (QED) is 0.753. The summed E-state index contributed by atoms with van der Waals surface area (Å²) in [6, 6.07) is 0. The molecule has 0 saturated carbocycles. The highest BCUT2D eigenvalue weighted by molar-refractivity contribution is 5.90. The van der Waals surface area contributed by atoms with Gasteiger partial charge in [-0.25, -0.2) is 9.59 Å². The van der Waals surface area contributed by atoms with E-state index in [4.69, 9.17) is 9.84 Å². The van der Waals surface area contributed by atoms with E-state index in [0.29, 0.717) is 31.3 Å². The van der Waals surface area contributed by atoms with Crippen molar-refractivity contribution in [1.29, 1.82) is 0 Å². The van der Waals surface area contributed by atoms with Gasteiger partial charge in [-0.15, -0.1) is 0 Å². The maximum atomic E-state index is 13.5. The summed E-state index contributed by atoms with van der Waals surface area (Å²) in [5, 5.41) is 8.60. The van der Waals surface area contributed by atoms with Crippen LogP contribution in [0.2, 0.25) is 0 Å². The fourth-order valence-electron chi connectivity index (χ4n) is 3.19. The summed E-state index contributed by atoms with van der Waals surface area (Å²) in [4.78, 5) is 35.9. The van der Waals surface area contributed by atoms with Gasteiger partial charge in [-0.05, 0) is 46.5 Å². The van der Waals surface area contributed by atoms with Gasteiger partial charge in [0.25, 0.3) is 0 Å². The normalized spacial score (nSPS) is 21.4. The first kappa shape index (κ1) is 21.1. The lowest BCUT2D eigenvalue weighted by Crippen LogP contribution is -2.48. The zero-order chi connectivity index (χ0) is 20.4. The van der Waals surface area contributed by atoms with Crippen LogP contribution in [-0.2, 0) is 19.1 Å². The molecular formula is C19H25F2NO5. The van der Waals surface area contributed by atoms with Crippen LogP contribution in [-0.4, -0.2) is 52.5 Å². The van der Waals surface area contributed by atoms with Gasteiger partial charge in [0.1, 0.15) is 5.60 Å². The molecule has 0 saturated heterocycles. The number of hydrogen-bond donors (Lipinski definition) is 1. The maximum absolute atomic E-state index is 13.5. The highest BCUT2D eigenvalue weighted by Gasteiger charge is 2.43. The largest absolute Gasteiger partial charge is 0.477 e. The average Bonchev–Trinajstić information content (AvgIpc) is 2.49. The van der Waals surface area contributed by atoms with E-state index in [1.54, 1.807) is 26.8 Å². The van der Waals surface area contributed by atoms with Crippen LogP contribution in [0.1, 0.15) is 46.5 Å². The lowest BCUT2D eigenvalue weighted by molar-refractivity contribution is -0.168. The third-order valence-corrected chi connectivity index (χ3v) is 4.51. The number of carboxylic acids is 1. The number of fused-ring (bicyclic) bond motifs is 1. The summed E-state index contributed by atoms with van der Waals surface area (Å²) in [7, 11) is 0. The number of aliphatic carboxylic acids is 1. The van der Waals surface area contributed by atoms with Gasteiger partial charge < -0.3 is 14.7 Å². The number of carbonyl (C=O) groups is 3. The van der Waals surface area contributed by atoms with Gasteiger partial charge >= 0.3 is 17.9 Å². The van der Waals surface area contributed by atoms with Gasteiger partial charge in [0.05, 0.1) is 6.54 Å². The Hall–Kier alpha value is -2.25. The molecule has 2 aliphatic rings. The van der Waals surface area contributed by atoms with Crippen molar-refractivity contribution in [3.05, 3.63) is 23.3 Å². The number of carboxylic acid groups (broad SMARTS) is 1. The second-order valence-electron chi connectivity index (χ2n) is 7.97. The first-order valence-corrected chi connectivity index (χ1v) is 8.92. The second-order valence-corrected chi connectivity index (χ2v) is 7.97. The molecule has 0 aromatic carbocycles. The molecule has 1 aliphatic carbocycles. The maximum Gasteiger partial charge on any atom is 0.376 e. The molecule has 0 spiro atoms. The van der Waals surface area contributed by atoms with E-state index in [2.05, 4.69) is 0 Å². The van der Waals surface area contributed by atoms with E-state index in [1.165, 1.54) is 6.08 Å². The fourth-order valence-corrected chi connectivity index (χ4v) is 3.19. The Balaban J connectivity index is 2.14. The molecule has 1 amide bonds. The van der Waals surface area contributed by atoms with Crippen LogP contribution in [0.3, 0.4) is 0 Å². The molecule has 150 valence electrons. The van der Waals surface area contributed by atoms with Crippen LogP contribution in [0.4, 0.5) is 8.78 Å². The summed E-state index contributed by atoms with van der Waals surface area (Å²) in [5.74, 6) is -7.46. The van der Waals surface area contributed by atoms with Crippen molar-refractivity contribution in [2.45, 2.75) is 58.0 Å². The van der Waals surface area contributed by atoms with Crippen molar-refractivity contribution in [2.75, 3.05) is 13.1 Å². The molecular weight excluding hydrogens is 360 g/mol. The number of amides is 1. The van der Waals surface area contributed by atoms with Crippen molar-refractivity contribution in [1.82, 2.24) is 4.90 Å². The van der Waals surface area contributed by atoms with Crippen LogP contribution >= 0.6 is 0 Å². The molecule has 1 unspecified atom stereocenters. The van der Waals surface area contributed by atoms with E-state index in [1.807, 2.05) is 0 Å². The predicted molar refractivity (Wildman–Crippen MR) is 93.1 cm³/mol. The zero-order valence-electron chi connectivity index (χ0n) is 15.8. The Bertz CT molecular complexity index is 691.